The Morgan fingerprint density at radius 1 is 1.21 bits per heavy atom. The summed E-state index contributed by atoms with van der Waals surface area (Å²) < 4.78 is 26.5. The zero-order valence-electron chi connectivity index (χ0n) is 14.9. The second-order valence-electron chi connectivity index (χ2n) is 6.12. The number of nitrogens with one attached hydrogen (secondary N) is 2. The lowest BCUT2D eigenvalue weighted by Gasteiger charge is -2.08. The lowest BCUT2D eigenvalue weighted by molar-refractivity contribution is -0.115. The van der Waals surface area contributed by atoms with E-state index in [2.05, 4.69) is 20.3 Å². The molecule has 4 rings (SSSR count). The van der Waals surface area contributed by atoms with Crippen LogP contribution in [0.3, 0.4) is 0 Å². The number of rotatable bonds is 5. The highest BCUT2D eigenvalue weighted by molar-refractivity contribution is 8.00. The van der Waals surface area contributed by atoms with Gasteiger partial charge in [-0.3, -0.25) is 4.79 Å². The summed E-state index contributed by atoms with van der Waals surface area (Å²) in [6.07, 6.45) is 0. The average molecular weight is 451 g/mol. The number of benzene rings is 2. The first-order valence-corrected chi connectivity index (χ1v) is 10.6. The van der Waals surface area contributed by atoms with Crippen molar-refractivity contribution in [2.24, 2.45) is 0 Å². The van der Waals surface area contributed by atoms with Gasteiger partial charge < -0.3 is 10.3 Å². The van der Waals surface area contributed by atoms with Crippen LogP contribution in [-0.2, 0) is 4.79 Å². The SMILES string of the molecule is C[C@H](Sc1nc2ccc(Cl)cc2[nH]1)C(=O)Nc1nc(-c2ccc(F)c(F)c2)cs1. The highest BCUT2D eigenvalue weighted by Crippen LogP contribution is 2.28. The van der Waals surface area contributed by atoms with Crippen LogP contribution in [0.4, 0.5) is 13.9 Å². The highest BCUT2D eigenvalue weighted by atomic mass is 35.5. The van der Waals surface area contributed by atoms with E-state index in [-0.39, 0.29) is 5.91 Å². The van der Waals surface area contributed by atoms with Gasteiger partial charge in [0.15, 0.2) is 21.9 Å². The van der Waals surface area contributed by atoms with Gasteiger partial charge in [0.05, 0.1) is 22.0 Å². The number of nitrogens with zero attached hydrogens (tertiary/aromatic N) is 2. The number of fused-ring (bicyclic) bond motifs is 1. The summed E-state index contributed by atoms with van der Waals surface area (Å²) >= 11 is 8.45. The molecule has 0 unspecified atom stereocenters. The monoisotopic (exact) mass is 450 g/mol. The molecule has 0 bridgehead atoms. The molecular formula is C19H13ClF2N4OS2. The molecular weight excluding hydrogens is 438 g/mol. The number of aromatic nitrogens is 3. The lowest BCUT2D eigenvalue weighted by Crippen LogP contribution is -2.22. The van der Waals surface area contributed by atoms with Crippen LogP contribution >= 0.6 is 34.7 Å². The van der Waals surface area contributed by atoms with Crippen molar-refractivity contribution in [3.8, 4) is 11.3 Å². The first-order valence-electron chi connectivity index (χ1n) is 8.43. The maximum absolute atomic E-state index is 13.4. The predicted octanol–water partition coefficient (Wildman–Crippen LogP) is 5.74. The van der Waals surface area contributed by atoms with Crippen molar-refractivity contribution in [2.75, 3.05) is 5.32 Å². The van der Waals surface area contributed by atoms with E-state index in [1.165, 1.54) is 29.2 Å². The molecule has 0 radical (unpaired) electrons. The zero-order chi connectivity index (χ0) is 20.5. The molecule has 2 heterocycles. The Morgan fingerprint density at radius 3 is 2.83 bits per heavy atom. The van der Waals surface area contributed by atoms with Crippen molar-refractivity contribution in [1.29, 1.82) is 0 Å². The highest BCUT2D eigenvalue weighted by Gasteiger charge is 2.18. The Hall–Kier alpha value is -2.49. The molecule has 2 aromatic heterocycles. The van der Waals surface area contributed by atoms with E-state index < -0.39 is 16.9 Å². The number of H-pyrrole nitrogens is 1. The predicted molar refractivity (Wildman–Crippen MR) is 113 cm³/mol. The normalized spacial score (nSPS) is 12.3. The van der Waals surface area contributed by atoms with Crippen molar-refractivity contribution in [2.45, 2.75) is 17.3 Å². The lowest BCUT2D eigenvalue weighted by atomic mass is 10.2. The smallest absolute Gasteiger partial charge is 0.239 e. The molecule has 4 aromatic rings. The third-order valence-electron chi connectivity index (χ3n) is 4.03. The number of amides is 1. The molecule has 2 aromatic carbocycles. The molecule has 2 N–H and O–H groups in total. The summed E-state index contributed by atoms with van der Waals surface area (Å²) in [7, 11) is 0. The van der Waals surface area contributed by atoms with Gasteiger partial charge in [-0.2, -0.15) is 0 Å². The van der Waals surface area contributed by atoms with Crippen LogP contribution < -0.4 is 5.32 Å². The minimum atomic E-state index is -0.946. The second kappa shape index (κ2) is 8.10. The van der Waals surface area contributed by atoms with Crippen molar-refractivity contribution < 1.29 is 13.6 Å². The van der Waals surface area contributed by atoms with Crippen LogP contribution in [0, 0.1) is 11.6 Å². The Bertz CT molecular complexity index is 1210. The fourth-order valence-electron chi connectivity index (χ4n) is 2.56. The molecule has 0 spiro atoms. The van der Waals surface area contributed by atoms with E-state index in [1.807, 2.05) is 0 Å². The Labute approximate surface area is 177 Å². The summed E-state index contributed by atoms with van der Waals surface area (Å²) in [4.78, 5) is 24.3. The van der Waals surface area contributed by atoms with Crippen LogP contribution in [0.15, 0.2) is 46.9 Å². The van der Waals surface area contributed by atoms with Gasteiger partial charge in [-0.15, -0.1) is 11.3 Å². The molecule has 1 atom stereocenters. The summed E-state index contributed by atoms with van der Waals surface area (Å²) in [6.45, 7) is 1.75. The van der Waals surface area contributed by atoms with Crippen molar-refractivity contribution in [1.82, 2.24) is 15.0 Å². The largest absolute Gasteiger partial charge is 0.333 e. The number of carbonyl (C=O) groups is 1. The third-order valence-corrected chi connectivity index (χ3v) is 6.01. The summed E-state index contributed by atoms with van der Waals surface area (Å²) in [5.74, 6) is -2.12. The minimum absolute atomic E-state index is 0.250. The summed E-state index contributed by atoms with van der Waals surface area (Å²) in [6, 6.07) is 8.88. The topological polar surface area (TPSA) is 70.7 Å². The zero-order valence-corrected chi connectivity index (χ0v) is 17.3. The summed E-state index contributed by atoms with van der Waals surface area (Å²) in [5, 5.41) is 5.54. The number of hydrogen-bond acceptors (Lipinski definition) is 5. The van der Waals surface area contributed by atoms with E-state index >= 15 is 0 Å². The maximum Gasteiger partial charge on any atom is 0.239 e. The maximum atomic E-state index is 13.4. The third kappa shape index (κ3) is 4.42. The fraction of sp³-hybridized carbons (Fsp3) is 0.105. The molecule has 0 fully saturated rings. The fourth-order valence-corrected chi connectivity index (χ4v) is 4.28. The second-order valence-corrected chi connectivity index (χ2v) is 8.74. The van der Waals surface area contributed by atoms with E-state index in [0.717, 1.165) is 23.2 Å². The molecule has 1 amide bonds. The average Bonchev–Trinajstić information content (AvgIpc) is 3.30. The van der Waals surface area contributed by atoms with Gasteiger partial charge in [0.2, 0.25) is 5.91 Å². The minimum Gasteiger partial charge on any atom is -0.333 e. The molecule has 148 valence electrons. The quantitative estimate of drug-likeness (QED) is 0.380. The van der Waals surface area contributed by atoms with Crippen LogP contribution in [0.1, 0.15) is 6.92 Å². The van der Waals surface area contributed by atoms with Crippen molar-refractivity contribution >= 4 is 56.8 Å². The van der Waals surface area contributed by atoms with Gasteiger partial charge in [-0.25, -0.2) is 18.7 Å². The molecule has 0 saturated carbocycles. The van der Waals surface area contributed by atoms with E-state index in [9.17, 15) is 13.6 Å². The molecule has 5 nitrogen and oxygen atoms in total. The number of halogens is 3. The van der Waals surface area contributed by atoms with Crippen molar-refractivity contribution in [3.63, 3.8) is 0 Å². The Morgan fingerprint density at radius 2 is 2.03 bits per heavy atom. The Balaban J connectivity index is 1.43. The van der Waals surface area contributed by atoms with Crippen LogP contribution in [0.25, 0.3) is 22.3 Å². The number of thioether (sulfide) groups is 1. The van der Waals surface area contributed by atoms with Gasteiger partial charge >= 0.3 is 0 Å². The number of anilines is 1. The number of aromatic amines is 1. The van der Waals surface area contributed by atoms with E-state index in [1.54, 1.807) is 30.5 Å². The van der Waals surface area contributed by atoms with Crippen LogP contribution in [0.2, 0.25) is 5.02 Å². The molecule has 29 heavy (non-hydrogen) atoms. The molecule has 10 heteroatoms. The van der Waals surface area contributed by atoms with Gasteiger partial charge in [-0.05, 0) is 43.3 Å². The first-order chi connectivity index (χ1) is 13.9. The van der Waals surface area contributed by atoms with Crippen LogP contribution in [0.5, 0.6) is 0 Å². The number of thiazole rings is 1. The van der Waals surface area contributed by atoms with E-state index in [0.29, 0.717) is 26.6 Å². The molecule has 0 saturated heterocycles. The van der Waals surface area contributed by atoms with Crippen molar-refractivity contribution in [3.05, 3.63) is 58.4 Å². The molecule has 0 aliphatic carbocycles. The number of imidazole rings is 1. The first kappa shape index (κ1) is 19.8. The Kier molecular flexibility index (Phi) is 5.53. The number of carbonyl (C=O) groups excluding carboxylic acids is 1. The summed E-state index contributed by atoms with van der Waals surface area (Å²) in [5.41, 5.74) is 2.45. The molecule has 0 aliphatic heterocycles. The van der Waals surface area contributed by atoms with Gasteiger partial charge in [0.25, 0.3) is 0 Å². The van der Waals surface area contributed by atoms with Gasteiger partial charge in [-0.1, -0.05) is 23.4 Å². The van der Waals surface area contributed by atoms with Crippen LogP contribution in [-0.4, -0.2) is 26.1 Å². The van der Waals surface area contributed by atoms with Gasteiger partial charge in [0.1, 0.15) is 0 Å². The molecule has 0 aliphatic rings. The van der Waals surface area contributed by atoms with E-state index in [4.69, 9.17) is 11.6 Å². The van der Waals surface area contributed by atoms with Gasteiger partial charge in [0, 0.05) is 16.0 Å². The number of hydrogen-bond donors (Lipinski definition) is 2. The standard InChI is InChI=1S/C19H13ClF2N4OS2/c1-9(29-19-23-14-5-3-11(20)7-15(14)24-19)17(27)26-18-25-16(8-28-18)10-2-4-12(21)13(22)6-10/h2-9H,1H3,(H,23,24)(H,25,26,27)/t9-/m0/s1.